The molecule has 168 valence electrons. The van der Waals surface area contributed by atoms with Crippen LogP contribution in [0, 0.1) is 6.92 Å². The smallest absolute Gasteiger partial charge is 0.323 e. The monoisotopic (exact) mass is 457 g/mol. The molecule has 0 saturated heterocycles. The summed E-state index contributed by atoms with van der Waals surface area (Å²) in [5, 5.41) is 8.80. The number of carbonyl (C=O) groups excluding carboxylic acids is 1. The van der Waals surface area contributed by atoms with Crippen molar-refractivity contribution in [2.24, 2.45) is 0 Å². The maximum atomic E-state index is 12.3. The van der Waals surface area contributed by atoms with Crippen molar-refractivity contribution in [3.05, 3.63) is 77.3 Å². The standard InChI is InChI=1S/C26H27N5OS/c1-17-6-4-8-21(14-17)30-26(32)29-20-11-9-18(10-12-20)22-16-33-24-19(7-5-13-31(2)3)15-28-25(27)23(22)24/h4-12,14-16H,13H2,1-3H3,(H2,27,28)(H2,29,30,32). The van der Waals surface area contributed by atoms with Gasteiger partial charge >= 0.3 is 6.03 Å². The second kappa shape index (κ2) is 9.85. The molecule has 0 radical (unpaired) electrons. The lowest BCUT2D eigenvalue weighted by Gasteiger charge is -2.09. The summed E-state index contributed by atoms with van der Waals surface area (Å²) in [6.07, 6.45) is 6.03. The second-order valence-corrected chi connectivity index (χ2v) is 9.02. The molecule has 2 amide bonds. The number of benzene rings is 2. The van der Waals surface area contributed by atoms with E-state index in [2.05, 4.69) is 38.0 Å². The summed E-state index contributed by atoms with van der Waals surface area (Å²) in [7, 11) is 4.07. The third kappa shape index (κ3) is 5.39. The number of amides is 2. The molecule has 4 aromatic rings. The number of nitrogens with two attached hydrogens (primary N) is 1. The molecule has 6 nitrogen and oxygen atoms in total. The van der Waals surface area contributed by atoms with Gasteiger partial charge in [0.1, 0.15) is 5.82 Å². The van der Waals surface area contributed by atoms with Gasteiger partial charge in [-0.15, -0.1) is 11.3 Å². The van der Waals surface area contributed by atoms with Gasteiger partial charge in [-0.2, -0.15) is 0 Å². The Labute approximate surface area is 197 Å². The number of urea groups is 1. The molecule has 0 bridgehead atoms. The van der Waals surface area contributed by atoms with Crippen LogP contribution in [0.3, 0.4) is 0 Å². The third-order valence-corrected chi connectivity index (χ3v) is 6.18. The van der Waals surface area contributed by atoms with Crippen LogP contribution in [0.1, 0.15) is 11.1 Å². The van der Waals surface area contributed by atoms with Crippen LogP contribution in [0.4, 0.5) is 22.0 Å². The average Bonchev–Trinajstić information content (AvgIpc) is 3.22. The van der Waals surface area contributed by atoms with Gasteiger partial charge in [-0.1, -0.05) is 36.4 Å². The summed E-state index contributed by atoms with van der Waals surface area (Å²) in [6.45, 7) is 2.84. The van der Waals surface area contributed by atoms with E-state index >= 15 is 0 Å². The first-order chi connectivity index (χ1) is 15.9. The molecular formula is C26H27N5OS. The van der Waals surface area contributed by atoms with Crippen molar-refractivity contribution < 1.29 is 4.79 Å². The Balaban J connectivity index is 1.53. The first kappa shape index (κ1) is 22.5. The van der Waals surface area contributed by atoms with E-state index in [0.29, 0.717) is 11.5 Å². The number of thiophene rings is 1. The Morgan fingerprint density at radius 2 is 1.88 bits per heavy atom. The number of hydrogen-bond donors (Lipinski definition) is 3. The van der Waals surface area contributed by atoms with E-state index in [-0.39, 0.29) is 6.03 Å². The molecular weight excluding hydrogens is 430 g/mol. The molecule has 2 heterocycles. The fraction of sp³-hybridized carbons (Fsp3) is 0.154. The molecule has 7 heteroatoms. The Morgan fingerprint density at radius 1 is 1.12 bits per heavy atom. The van der Waals surface area contributed by atoms with Gasteiger partial charge in [-0.3, -0.25) is 0 Å². The Bertz CT molecular complexity index is 1310. The van der Waals surface area contributed by atoms with Crippen molar-refractivity contribution in [2.75, 3.05) is 37.0 Å². The molecule has 2 aromatic heterocycles. The normalized spacial score (nSPS) is 11.4. The molecule has 2 aromatic carbocycles. The van der Waals surface area contributed by atoms with Crippen LogP contribution in [0.5, 0.6) is 0 Å². The highest BCUT2D eigenvalue weighted by atomic mass is 32.1. The van der Waals surface area contributed by atoms with E-state index in [1.807, 2.05) is 75.7 Å². The maximum absolute atomic E-state index is 12.3. The average molecular weight is 458 g/mol. The van der Waals surface area contributed by atoms with Crippen molar-refractivity contribution in [1.29, 1.82) is 0 Å². The highest BCUT2D eigenvalue weighted by Gasteiger charge is 2.13. The summed E-state index contributed by atoms with van der Waals surface area (Å²) >= 11 is 1.66. The van der Waals surface area contributed by atoms with Crippen LogP contribution >= 0.6 is 11.3 Å². The quantitative estimate of drug-likeness (QED) is 0.328. The second-order valence-electron chi connectivity index (χ2n) is 8.14. The third-order valence-electron chi connectivity index (χ3n) is 5.15. The minimum Gasteiger partial charge on any atom is -0.383 e. The summed E-state index contributed by atoms with van der Waals surface area (Å²) < 4.78 is 1.12. The molecule has 0 saturated carbocycles. The van der Waals surface area contributed by atoms with Gasteiger partial charge in [-0.05, 0) is 61.8 Å². The predicted molar refractivity (Wildman–Crippen MR) is 141 cm³/mol. The summed E-state index contributed by atoms with van der Waals surface area (Å²) in [5.41, 5.74) is 11.9. The largest absolute Gasteiger partial charge is 0.383 e. The van der Waals surface area contributed by atoms with Crippen molar-refractivity contribution in [3.63, 3.8) is 0 Å². The van der Waals surface area contributed by atoms with Crippen LogP contribution in [0.2, 0.25) is 0 Å². The number of aryl methyl sites for hydroxylation is 1. The topological polar surface area (TPSA) is 83.3 Å². The number of hydrogen-bond acceptors (Lipinski definition) is 5. The van der Waals surface area contributed by atoms with E-state index in [1.54, 1.807) is 11.3 Å². The molecule has 0 fully saturated rings. The van der Waals surface area contributed by atoms with Gasteiger partial charge in [0.2, 0.25) is 0 Å². The van der Waals surface area contributed by atoms with E-state index in [4.69, 9.17) is 5.73 Å². The molecule has 33 heavy (non-hydrogen) atoms. The van der Waals surface area contributed by atoms with Gasteiger partial charge in [0.05, 0.1) is 0 Å². The molecule has 0 atom stereocenters. The Hall–Kier alpha value is -3.68. The zero-order valence-electron chi connectivity index (χ0n) is 18.9. The van der Waals surface area contributed by atoms with Gasteiger partial charge < -0.3 is 21.3 Å². The molecule has 0 aliphatic heterocycles. The number of aromatic nitrogens is 1. The highest BCUT2D eigenvalue weighted by Crippen LogP contribution is 2.39. The van der Waals surface area contributed by atoms with Crippen molar-refractivity contribution in [2.45, 2.75) is 6.92 Å². The van der Waals surface area contributed by atoms with Crippen LogP contribution in [-0.2, 0) is 0 Å². The number of anilines is 3. The number of fused-ring (bicyclic) bond motifs is 1. The molecule has 0 spiro atoms. The zero-order valence-corrected chi connectivity index (χ0v) is 19.7. The lowest BCUT2D eigenvalue weighted by molar-refractivity contribution is 0.262. The molecule has 0 aliphatic rings. The number of carbonyl (C=O) groups is 1. The van der Waals surface area contributed by atoms with E-state index < -0.39 is 0 Å². The number of pyridine rings is 1. The Kier molecular flexibility index (Phi) is 6.72. The first-order valence-corrected chi connectivity index (χ1v) is 11.5. The number of likely N-dealkylation sites (N-methyl/N-ethyl adjacent to an activating group) is 1. The predicted octanol–water partition coefficient (Wildman–Crippen LogP) is 6.07. The van der Waals surface area contributed by atoms with Gasteiger partial charge in [0, 0.05) is 45.3 Å². The number of rotatable bonds is 6. The van der Waals surface area contributed by atoms with E-state index in [9.17, 15) is 4.79 Å². The Morgan fingerprint density at radius 3 is 2.61 bits per heavy atom. The van der Waals surface area contributed by atoms with Crippen molar-refractivity contribution in [3.8, 4) is 11.1 Å². The van der Waals surface area contributed by atoms with Gasteiger partial charge in [-0.25, -0.2) is 9.78 Å². The zero-order chi connectivity index (χ0) is 23.4. The summed E-state index contributed by atoms with van der Waals surface area (Å²) in [5.74, 6) is 0.519. The molecule has 0 aliphatic carbocycles. The summed E-state index contributed by atoms with van der Waals surface area (Å²) in [6, 6.07) is 15.1. The van der Waals surface area contributed by atoms with Crippen molar-refractivity contribution >= 4 is 50.7 Å². The highest BCUT2D eigenvalue weighted by molar-refractivity contribution is 7.18. The molecule has 0 unspecified atom stereocenters. The fourth-order valence-electron chi connectivity index (χ4n) is 3.56. The molecule has 4 N–H and O–H groups in total. The summed E-state index contributed by atoms with van der Waals surface area (Å²) in [4.78, 5) is 18.9. The number of nitrogen functional groups attached to an aromatic ring is 1. The van der Waals surface area contributed by atoms with Crippen molar-refractivity contribution in [1.82, 2.24) is 9.88 Å². The molecule has 4 rings (SSSR count). The lowest BCUT2D eigenvalue weighted by Crippen LogP contribution is -2.19. The number of nitrogens with one attached hydrogen (secondary N) is 2. The van der Waals surface area contributed by atoms with Gasteiger partial charge in [0.25, 0.3) is 0 Å². The van der Waals surface area contributed by atoms with Gasteiger partial charge in [0.15, 0.2) is 0 Å². The van der Waals surface area contributed by atoms with E-state index in [0.717, 1.165) is 44.6 Å². The maximum Gasteiger partial charge on any atom is 0.323 e. The number of nitrogens with zero attached hydrogens (tertiary/aromatic N) is 2. The lowest BCUT2D eigenvalue weighted by atomic mass is 10.0. The first-order valence-electron chi connectivity index (χ1n) is 10.6. The van der Waals surface area contributed by atoms with Crippen LogP contribution < -0.4 is 16.4 Å². The SMILES string of the molecule is Cc1cccc(NC(=O)Nc2ccc(-c3csc4c(C=CCN(C)C)cnc(N)c34)cc2)c1. The van der Waals surface area contributed by atoms with Crippen LogP contribution in [-0.4, -0.2) is 36.6 Å². The minimum atomic E-state index is -0.281. The van der Waals surface area contributed by atoms with Crippen LogP contribution in [0.15, 0.2) is 66.2 Å². The minimum absolute atomic E-state index is 0.281. The van der Waals surface area contributed by atoms with Crippen LogP contribution in [0.25, 0.3) is 27.3 Å². The fourth-order valence-corrected chi connectivity index (χ4v) is 4.64. The van der Waals surface area contributed by atoms with E-state index in [1.165, 1.54) is 0 Å².